The molecular formula is C13H12F3NS. The molecule has 1 unspecified atom stereocenters. The van der Waals surface area contributed by atoms with Crippen molar-refractivity contribution in [1.82, 2.24) is 0 Å². The van der Waals surface area contributed by atoms with Gasteiger partial charge in [-0.05, 0) is 41.3 Å². The Morgan fingerprint density at radius 3 is 2.56 bits per heavy atom. The lowest BCUT2D eigenvalue weighted by Crippen LogP contribution is -2.14. The van der Waals surface area contributed by atoms with Gasteiger partial charge in [0.05, 0.1) is 0 Å². The van der Waals surface area contributed by atoms with Gasteiger partial charge in [-0.15, -0.1) is 0 Å². The Balaban J connectivity index is 2.09. The summed E-state index contributed by atoms with van der Waals surface area (Å²) >= 11 is 1.57. The highest BCUT2D eigenvalue weighted by atomic mass is 32.1. The maximum absolute atomic E-state index is 13.5. The first kappa shape index (κ1) is 13.1. The smallest absolute Gasteiger partial charge is 0.194 e. The van der Waals surface area contributed by atoms with Gasteiger partial charge in [0.15, 0.2) is 17.5 Å². The number of nitrogens with two attached hydrogens (primary N) is 1. The standard InChI is InChI=1S/C13H12F3NS/c14-10-3-2-9(12(15)13(10)16)11(17)4-1-8-5-6-18-7-8/h2-3,5-7,11H,1,4,17H2. The fourth-order valence-corrected chi connectivity index (χ4v) is 2.44. The van der Waals surface area contributed by atoms with Crippen molar-refractivity contribution in [2.75, 3.05) is 0 Å². The van der Waals surface area contributed by atoms with Gasteiger partial charge in [0.2, 0.25) is 0 Å². The van der Waals surface area contributed by atoms with Gasteiger partial charge in [0.1, 0.15) is 0 Å². The zero-order valence-corrected chi connectivity index (χ0v) is 10.3. The number of rotatable bonds is 4. The summed E-state index contributed by atoms with van der Waals surface area (Å²) in [6, 6.07) is 3.42. The largest absolute Gasteiger partial charge is 0.324 e. The number of hydrogen-bond acceptors (Lipinski definition) is 2. The Labute approximate surface area is 107 Å². The highest BCUT2D eigenvalue weighted by Gasteiger charge is 2.18. The third kappa shape index (κ3) is 2.73. The van der Waals surface area contributed by atoms with E-state index in [0.717, 1.165) is 11.6 Å². The summed E-state index contributed by atoms with van der Waals surface area (Å²) < 4.78 is 39.3. The van der Waals surface area contributed by atoms with Crippen LogP contribution in [0.25, 0.3) is 0 Å². The number of hydrogen-bond donors (Lipinski definition) is 1. The number of benzene rings is 1. The topological polar surface area (TPSA) is 26.0 Å². The van der Waals surface area contributed by atoms with E-state index in [1.165, 1.54) is 6.07 Å². The lowest BCUT2D eigenvalue weighted by atomic mass is 10.00. The first-order valence-corrected chi connectivity index (χ1v) is 6.44. The molecule has 1 aromatic carbocycles. The van der Waals surface area contributed by atoms with Crippen LogP contribution in [0.2, 0.25) is 0 Å². The van der Waals surface area contributed by atoms with E-state index >= 15 is 0 Å². The first-order chi connectivity index (χ1) is 8.59. The fraction of sp³-hybridized carbons (Fsp3) is 0.231. The molecule has 1 aromatic heterocycles. The Kier molecular flexibility index (Phi) is 4.04. The predicted molar refractivity (Wildman–Crippen MR) is 65.9 cm³/mol. The third-order valence-electron chi connectivity index (χ3n) is 2.79. The van der Waals surface area contributed by atoms with E-state index < -0.39 is 23.5 Å². The molecule has 2 N–H and O–H groups in total. The molecule has 1 heterocycles. The van der Waals surface area contributed by atoms with Gasteiger partial charge < -0.3 is 5.73 Å². The molecule has 1 atom stereocenters. The van der Waals surface area contributed by atoms with Crippen molar-refractivity contribution in [1.29, 1.82) is 0 Å². The maximum Gasteiger partial charge on any atom is 0.194 e. The summed E-state index contributed by atoms with van der Waals surface area (Å²) in [5.74, 6) is -3.84. The molecule has 0 fully saturated rings. The molecule has 0 saturated heterocycles. The molecule has 2 aromatic rings. The molecule has 0 aliphatic carbocycles. The highest BCUT2D eigenvalue weighted by Crippen LogP contribution is 2.23. The molecule has 1 nitrogen and oxygen atoms in total. The highest BCUT2D eigenvalue weighted by molar-refractivity contribution is 7.07. The SMILES string of the molecule is NC(CCc1ccsc1)c1ccc(F)c(F)c1F. The second kappa shape index (κ2) is 5.54. The molecule has 0 radical (unpaired) electrons. The van der Waals surface area contributed by atoms with Crippen LogP contribution < -0.4 is 5.73 Å². The van der Waals surface area contributed by atoms with Gasteiger partial charge in [-0.2, -0.15) is 11.3 Å². The molecule has 0 bridgehead atoms. The Morgan fingerprint density at radius 2 is 1.89 bits per heavy atom. The van der Waals surface area contributed by atoms with E-state index in [-0.39, 0.29) is 5.56 Å². The van der Waals surface area contributed by atoms with Crippen molar-refractivity contribution in [3.8, 4) is 0 Å². The van der Waals surface area contributed by atoms with Crippen LogP contribution in [-0.2, 0) is 6.42 Å². The predicted octanol–water partition coefficient (Wildman–Crippen LogP) is 3.80. The third-order valence-corrected chi connectivity index (χ3v) is 3.52. The Bertz CT molecular complexity index is 525. The van der Waals surface area contributed by atoms with Crippen molar-refractivity contribution >= 4 is 11.3 Å². The molecule has 0 spiro atoms. The van der Waals surface area contributed by atoms with E-state index in [1.807, 2.05) is 16.8 Å². The molecule has 2 rings (SSSR count). The van der Waals surface area contributed by atoms with Gasteiger partial charge in [-0.3, -0.25) is 0 Å². The van der Waals surface area contributed by atoms with E-state index in [4.69, 9.17) is 5.73 Å². The normalized spacial score (nSPS) is 12.7. The average Bonchev–Trinajstić information content (AvgIpc) is 2.86. The van der Waals surface area contributed by atoms with E-state index in [1.54, 1.807) is 11.3 Å². The van der Waals surface area contributed by atoms with Crippen LogP contribution in [-0.4, -0.2) is 0 Å². The molecule has 0 aliphatic heterocycles. The zero-order chi connectivity index (χ0) is 13.1. The summed E-state index contributed by atoms with van der Waals surface area (Å²) in [5, 5.41) is 3.92. The van der Waals surface area contributed by atoms with Gasteiger partial charge in [-0.25, -0.2) is 13.2 Å². The summed E-state index contributed by atoms with van der Waals surface area (Å²) in [6.07, 6.45) is 1.17. The molecular weight excluding hydrogens is 259 g/mol. The van der Waals surface area contributed by atoms with Gasteiger partial charge in [0.25, 0.3) is 0 Å². The molecule has 5 heteroatoms. The van der Waals surface area contributed by atoms with Gasteiger partial charge in [0, 0.05) is 11.6 Å². The van der Waals surface area contributed by atoms with Gasteiger partial charge in [-0.1, -0.05) is 6.07 Å². The lowest BCUT2D eigenvalue weighted by molar-refractivity contribution is 0.433. The minimum atomic E-state index is -1.46. The van der Waals surface area contributed by atoms with E-state index in [9.17, 15) is 13.2 Å². The second-order valence-electron chi connectivity index (χ2n) is 4.04. The quantitative estimate of drug-likeness (QED) is 0.841. The molecule has 0 aliphatic rings. The zero-order valence-electron chi connectivity index (χ0n) is 9.50. The summed E-state index contributed by atoms with van der Waals surface area (Å²) in [4.78, 5) is 0. The molecule has 96 valence electrons. The Morgan fingerprint density at radius 1 is 1.11 bits per heavy atom. The van der Waals surface area contributed by atoms with E-state index in [0.29, 0.717) is 12.8 Å². The van der Waals surface area contributed by atoms with Crippen molar-refractivity contribution in [2.45, 2.75) is 18.9 Å². The van der Waals surface area contributed by atoms with Crippen molar-refractivity contribution in [3.63, 3.8) is 0 Å². The second-order valence-corrected chi connectivity index (χ2v) is 4.82. The summed E-state index contributed by atoms with van der Waals surface area (Å²) in [7, 11) is 0. The summed E-state index contributed by atoms with van der Waals surface area (Å²) in [5.41, 5.74) is 6.93. The van der Waals surface area contributed by atoms with Crippen LogP contribution in [0, 0.1) is 17.5 Å². The van der Waals surface area contributed by atoms with Crippen LogP contribution >= 0.6 is 11.3 Å². The molecule has 18 heavy (non-hydrogen) atoms. The minimum Gasteiger partial charge on any atom is -0.324 e. The number of aryl methyl sites for hydroxylation is 1. The average molecular weight is 271 g/mol. The number of halogens is 3. The molecule has 0 amide bonds. The van der Waals surface area contributed by atoms with Crippen molar-refractivity contribution < 1.29 is 13.2 Å². The number of thiophene rings is 1. The van der Waals surface area contributed by atoms with E-state index in [2.05, 4.69) is 0 Å². The minimum absolute atomic E-state index is 0.0177. The monoisotopic (exact) mass is 271 g/mol. The van der Waals surface area contributed by atoms with Crippen LogP contribution in [0.5, 0.6) is 0 Å². The Hall–Kier alpha value is -1.33. The molecule has 0 saturated carbocycles. The van der Waals surface area contributed by atoms with Gasteiger partial charge >= 0.3 is 0 Å². The fourth-order valence-electron chi connectivity index (χ4n) is 1.74. The van der Waals surface area contributed by atoms with Crippen molar-refractivity contribution in [3.05, 3.63) is 57.5 Å². The van der Waals surface area contributed by atoms with Crippen molar-refractivity contribution in [2.24, 2.45) is 5.73 Å². The summed E-state index contributed by atoms with van der Waals surface area (Å²) in [6.45, 7) is 0. The lowest BCUT2D eigenvalue weighted by Gasteiger charge is -2.13. The van der Waals surface area contributed by atoms with Crippen LogP contribution in [0.4, 0.5) is 13.2 Å². The first-order valence-electron chi connectivity index (χ1n) is 5.49. The van der Waals surface area contributed by atoms with Crippen LogP contribution in [0.15, 0.2) is 29.0 Å². The maximum atomic E-state index is 13.5. The van der Waals surface area contributed by atoms with Crippen LogP contribution in [0.3, 0.4) is 0 Å². The van der Waals surface area contributed by atoms with Crippen LogP contribution in [0.1, 0.15) is 23.6 Å².